The van der Waals surface area contributed by atoms with Crippen LogP contribution in [0.15, 0.2) is 35.9 Å². The quantitative estimate of drug-likeness (QED) is 0.192. The fourth-order valence-corrected chi connectivity index (χ4v) is 11.7. The smallest absolute Gasteiger partial charge is 0.330 e. The van der Waals surface area contributed by atoms with Crippen molar-refractivity contribution in [1.29, 1.82) is 0 Å². The number of carboxylic acid groups (broad SMARTS) is 1. The van der Waals surface area contributed by atoms with Crippen LogP contribution in [0, 0.1) is 57.2 Å². The lowest BCUT2D eigenvalue weighted by atomic mass is 9.33. The number of ketones is 1. The van der Waals surface area contributed by atoms with Crippen molar-refractivity contribution >= 4 is 23.8 Å². The number of aromatic hydroxyl groups is 1. The molecule has 5 aliphatic carbocycles. The molecule has 6 nitrogen and oxygen atoms in total. The standard InChI is InChI=1S/C40H54O6/c1-25-8-10-27(41)22-26(25)9-13-33(43)46-24-40-21-20-39(34(44)45)19-18-35(2,3)23-29(39)28(40)11-12-31-37(6)16-15-32(42)36(4,5)30(37)14-17-38(31,40)7/h8-11,13,22,29-31,41H,12,14-21,23-24H2,1-7H3,(H,44,45)/b13-9+/t29?,30?,31?,37-,38+,39-,40-/m0/s1. The van der Waals surface area contributed by atoms with Crippen LogP contribution in [0.1, 0.15) is 117 Å². The summed E-state index contributed by atoms with van der Waals surface area (Å²) in [6, 6.07) is 5.08. The zero-order valence-corrected chi connectivity index (χ0v) is 29.0. The van der Waals surface area contributed by atoms with Gasteiger partial charge in [-0.1, -0.05) is 59.3 Å². The highest BCUT2D eigenvalue weighted by atomic mass is 16.5. The second-order valence-corrected chi connectivity index (χ2v) is 17.6. The van der Waals surface area contributed by atoms with Gasteiger partial charge in [0, 0.05) is 23.3 Å². The summed E-state index contributed by atoms with van der Waals surface area (Å²) in [6.45, 7) is 15.8. The Labute approximate surface area is 275 Å². The SMILES string of the molecule is Cc1ccc(O)cc1/C=C/C(=O)OC[C@@]12CC[C@@]3(C(=O)O)CCC(C)(C)CC3C1=CCC1[C@@]3(C)CCC(=O)C(C)(C)C3CC[C@]12C. The van der Waals surface area contributed by atoms with Crippen LogP contribution in [0.3, 0.4) is 0 Å². The Balaban J connectivity index is 1.42. The zero-order chi connectivity index (χ0) is 33.5. The number of rotatable bonds is 5. The number of fused-ring (bicyclic) bond motifs is 7. The monoisotopic (exact) mass is 630 g/mol. The summed E-state index contributed by atoms with van der Waals surface area (Å²) in [4.78, 5) is 39.8. The van der Waals surface area contributed by atoms with Crippen LogP contribution < -0.4 is 0 Å². The maximum atomic E-state index is 13.4. The first-order chi connectivity index (χ1) is 21.4. The van der Waals surface area contributed by atoms with Gasteiger partial charge in [-0.15, -0.1) is 0 Å². The van der Waals surface area contributed by atoms with Gasteiger partial charge >= 0.3 is 11.9 Å². The number of esters is 1. The molecular weight excluding hydrogens is 576 g/mol. The van der Waals surface area contributed by atoms with Gasteiger partial charge < -0.3 is 14.9 Å². The predicted molar refractivity (Wildman–Crippen MR) is 179 cm³/mol. The molecule has 6 rings (SSSR count). The summed E-state index contributed by atoms with van der Waals surface area (Å²) in [7, 11) is 0. The second kappa shape index (κ2) is 10.8. The number of hydrogen-bond donors (Lipinski definition) is 2. The van der Waals surface area contributed by atoms with Gasteiger partial charge in [-0.25, -0.2) is 4.79 Å². The molecule has 3 unspecified atom stereocenters. The summed E-state index contributed by atoms with van der Waals surface area (Å²) >= 11 is 0. The molecule has 4 fully saturated rings. The van der Waals surface area contributed by atoms with Crippen molar-refractivity contribution in [1.82, 2.24) is 0 Å². The first-order valence-corrected chi connectivity index (χ1v) is 17.5. The Morgan fingerprint density at radius 2 is 1.70 bits per heavy atom. The molecule has 0 aromatic heterocycles. The van der Waals surface area contributed by atoms with E-state index in [1.165, 1.54) is 11.6 Å². The number of phenolic OH excluding ortho intramolecular Hbond substituents is 1. The number of aryl methyl sites for hydroxylation is 1. The number of allylic oxidation sites excluding steroid dienone is 1. The highest BCUT2D eigenvalue weighted by Crippen LogP contribution is 2.75. The van der Waals surface area contributed by atoms with E-state index in [1.807, 2.05) is 13.0 Å². The summed E-state index contributed by atoms with van der Waals surface area (Å²) in [5.74, 6) is -0.101. The summed E-state index contributed by atoms with van der Waals surface area (Å²) in [5, 5.41) is 20.8. The lowest BCUT2D eigenvalue weighted by molar-refractivity contribution is -0.202. The number of phenols is 1. The highest BCUT2D eigenvalue weighted by Gasteiger charge is 2.71. The van der Waals surface area contributed by atoms with E-state index in [9.17, 15) is 24.6 Å². The summed E-state index contributed by atoms with van der Waals surface area (Å²) in [6.07, 6.45) is 13.4. The fourth-order valence-electron chi connectivity index (χ4n) is 11.7. The third-order valence-corrected chi connectivity index (χ3v) is 14.6. The van der Waals surface area contributed by atoms with Crippen LogP contribution >= 0.6 is 0 Å². The van der Waals surface area contributed by atoms with Crippen molar-refractivity contribution in [3.63, 3.8) is 0 Å². The maximum absolute atomic E-state index is 13.4. The molecule has 0 spiro atoms. The first-order valence-electron chi connectivity index (χ1n) is 17.5. The molecule has 0 bridgehead atoms. The van der Waals surface area contributed by atoms with Crippen LogP contribution in [0.5, 0.6) is 5.75 Å². The molecular formula is C40H54O6. The van der Waals surface area contributed by atoms with Crippen molar-refractivity contribution in [3.8, 4) is 5.75 Å². The minimum Gasteiger partial charge on any atom is -0.508 e. The Hall–Kier alpha value is -2.89. The molecule has 1 aromatic rings. The van der Waals surface area contributed by atoms with Crippen molar-refractivity contribution in [3.05, 3.63) is 47.1 Å². The fraction of sp³-hybridized carbons (Fsp3) is 0.675. The summed E-state index contributed by atoms with van der Waals surface area (Å²) < 4.78 is 6.27. The average molecular weight is 631 g/mol. The van der Waals surface area contributed by atoms with Gasteiger partial charge in [0.15, 0.2) is 0 Å². The van der Waals surface area contributed by atoms with Gasteiger partial charge in [0.25, 0.3) is 0 Å². The molecule has 1 aromatic carbocycles. The molecule has 46 heavy (non-hydrogen) atoms. The number of aliphatic carboxylic acids is 1. The highest BCUT2D eigenvalue weighted by molar-refractivity contribution is 5.87. The lowest BCUT2D eigenvalue weighted by Crippen LogP contribution is -2.66. The molecule has 250 valence electrons. The molecule has 0 amide bonds. The molecule has 7 atom stereocenters. The van der Waals surface area contributed by atoms with E-state index < -0.39 is 22.8 Å². The number of hydrogen-bond acceptors (Lipinski definition) is 5. The van der Waals surface area contributed by atoms with Crippen molar-refractivity contribution in [2.24, 2.45) is 50.2 Å². The molecule has 5 aliphatic rings. The molecule has 0 heterocycles. The Kier molecular flexibility index (Phi) is 7.77. The van der Waals surface area contributed by atoms with Gasteiger partial charge in [-0.3, -0.25) is 9.59 Å². The molecule has 4 saturated carbocycles. The van der Waals surface area contributed by atoms with E-state index in [-0.39, 0.29) is 45.9 Å². The number of Topliss-reactive ketones (excluding diaryl/α,β-unsaturated/α-hetero) is 1. The minimum atomic E-state index is -0.787. The van der Waals surface area contributed by atoms with E-state index in [0.717, 1.165) is 49.7 Å². The number of carbonyl (C=O) groups is 3. The van der Waals surface area contributed by atoms with Crippen LogP contribution in [-0.4, -0.2) is 34.5 Å². The topological polar surface area (TPSA) is 101 Å². The van der Waals surface area contributed by atoms with Gasteiger partial charge in [-0.2, -0.15) is 0 Å². The number of ether oxygens (including phenoxy) is 1. The van der Waals surface area contributed by atoms with Crippen LogP contribution in [-0.2, 0) is 19.1 Å². The van der Waals surface area contributed by atoms with E-state index in [1.54, 1.807) is 18.2 Å². The van der Waals surface area contributed by atoms with E-state index >= 15 is 0 Å². The Bertz CT molecular complexity index is 1520. The molecule has 0 radical (unpaired) electrons. The third kappa shape index (κ3) is 4.74. The molecule has 2 N–H and O–H groups in total. The Morgan fingerprint density at radius 1 is 0.978 bits per heavy atom. The van der Waals surface area contributed by atoms with Crippen LogP contribution in [0.2, 0.25) is 0 Å². The van der Waals surface area contributed by atoms with Crippen LogP contribution in [0.4, 0.5) is 0 Å². The van der Waals surface area contributed by atoms with Gasteiger partial charge in [-0.05, 0) is 128 Å². The summed E-state index contributed by atoms with van der Waals surface area (Å²) in [5.41, 5.74) is 1.08. The third-order valence-electron chi connectivity index (χ3n) is 14.6. The lowest BCUT2D eigenvalue weighted by Gasteiger charge is -2.70. The predicted octanol–water partition coefficient (Wildman–Crippen LogP) is 8.69. The normalized spacial score (nSPS) is 39.3. The zero-order valence-electron chi connectivity index (χ0n) is 29.0. The van der Waals surface area contributed by atoms with E-state index in [0.29, 0.717) is 37.4 Å². The number of carboxylic acids is 1. The maximum Gasteiger partial charge on any atom is 0.330 e. The van der Waals surface area contributed by atoms with E-state index in [2.05, 4.69) is 47.6 Å². The largest absolute Gasteiger partial charge is 0.508 e. The Morgan fingerprint density at radius 3 is 2.41 bits per heavy atom. The van der Waals surface area contributed by atoms with Crippen molar-refractivity contribution in [2.45, 2.75) is 113 Å². The molecule has 0 aliphatic heterocycles. The van der Waals surface area contributed by atoms with Crippen LogP contribution in [0.25, 0.3) is 6.08 Å². The van der Waals surface area contributed by atoms with Gasteiger partial charge in [0.05, 0.1) is 5.41 Å². The number of carbonyl (C=O) groups excluding carboxylic acids is 2. The van der Waals surface area contributed by atoms with Crippen molar-refractivity contribution in [2.75, 3.05) is 6.61 Å². The second-order valence-electron chi connectivity index (χ2n) is 17.6. The van der Waals surface area contributed by atoms with E-state index in [4.69, 9.17) is 4.74 Å². The van der Waals surface area contributed by atoms with Gasteiger partial charge in [0.1, 0.15) is 18.1 Å². The first kappa shape index (κ1) is 33.0. The number of benzene rings is 1. The molecule has 0 saturated heterocycles. The minimum absolute atomic E-state index is 0.0290. The van der Waals surface area contributed by atoms with Gasteiger partial charge in [0.2, 0.25) is 0 Å². The average Bonchev–Trinajstić information content (AvgIpc) is 2.98. The molecule has 6 heteroatoms. The van der Waals surface area contributed by atoms with Crippen molar-refractivity contribution < 1.29 is 29.3 Å².